The van der Waals surface area contributed by atoms with Crippen molar-refractivity contribution in [1.82, 2.24) is 9.88 Å². The minimum Gasteiger partial charge on any atom is -0.497 e. The first kappa shape index (κ1) is 21.0. The average molecular weight is 487 g/mol. The summed E-state index contributed by atoms with van der Waals surface area (Å²) in [5.74, 6) is -1.32. The number of hydrogen-bond donors (Lipinski definition) is 2. The Labute approximate surface area is 197 Å². The van der Waals surface area contributed by atoms with Gasteiger partial charge >= 0.3 is 10.8 Å². The van der Waals surface area contributed by atoms with E-state index in [0.717, 1.165) is 27.6 Å². The maximum absolute atomic E-state index is 13.3. The van der Waals surface area contributed by atoms with Crippen molar-refractivity contribution in [3.8, 4) is 5.75 Å². The number of H-pyrrole nitrogens is 1. The molecule has 10 heteroatoms. The molecule has 3 fully saturated rings. The van der Waals surface area contributed by atoms with E-state index in [1.165, 1.54) is 16.2 Å². The van der Waals surface area contributed by atoms with E-state index in [4.69, 9.17) is 9.84 Å². The van der Waals surface area contributed by atoms with Gasteiger partial charge in [0.15, 0.2) is 0 Å². The van der Waals surface area contributed by atoms with Crippen LogP contribution in [0.3, 0.4) is 0 Å². The molecule has 1 aromatic heterocycles. The predicted molar refractivity (Wildman–Crippen MR) is 120 cm³/mol. The van der Waals surface area contributed by atoms with Gasteiger partial charge in [-0.1, -0.05) is 23.5 Å². The Morgan fingerprint density at radius 3 is 2.52 bits per heavy atom. The molecule has 0 radical (unpaired) electrons. The van der Waals surface area contributed by atoms with Gasteiger partial charge < -0.3 is 14.8 Å². The average Bonchev–Trinajstić information content (AvgIpc) is 3.52. The topological polar surface area (TPSA) is 117 Å². The van der Waals surface area contributed by atoms with E-state index < -0.39 is 11.9 Å². The molecule has 8 nitrogen and oxygen atoms in total. The van der Waals surface area contributed by atoms with Crippen LogP contribution in [0.2, 0.25) is 0 Å². The largest absolute Gasteiger partial charge is 0.497 e. The number of thiazole rings is 1. The number of carbonyl (C=O) groups excluding carboxylic acids is 2. The number of likely N-dealkylation sites (tertiary alicyclic amines) is 1. The van der Waals surface area contributed by atoms with Crippen molar-refractivity contribution in [2.45, 2.75) is 29.0 Å². The summed E-state index contributed by atoms with van der Waals surface area (Å²) in [5, 5.41) is 10.0. The number of thioether (sulfide) groups is 1. The van der Waals surface area contributed by atoms with Crippen LogP contribution in [0.1, 0.15) is 29.2 Å². The number of carboxylic acid groups (broad SMARTS) is 1. The molecule has 0 unspecified atom stereocenters. The highest BCUT2D eigenvalue weighted by molar-refractivity contribution is 8.00. The lowest BCUT2D eigenvalue weighted by Gasteiger charge is -2.43. The maximum atomic E-state index is 13.3. The number of aromatic nitrogens is 1. The zero-order valence-corrected chi connectivity index (χ0v) is 19.4. The lowest BCUT2D eigenvalue weighted by Crippen LogP contribution is -2.42. The number of hydrogen-bond acceptors (Lipinski definition) is 7. The van der Waals surface area contributed by atoms with Crippen LogP contribution in [0, 0.1) is 29.6 Å². The molecule has 2 saturated carbocycles. The van der Waals surface area contributed by atoms with Gasteiger partial charge in [0.1, 0.15) is 5.75 Å². The molecule has 7 atom stereocenters. The van der Waals surface area contributed by atoms with Gasteiger partial charge in [-0.2, -0.15) is 0 Å². The fourth-order valence-electron chi connectivity index (χ4n) is 6.69. The van der Waals surface area contributed by atoms with Crippen LogP contribution >= 0.6 is 23.1 Å². The number of rotatable bonds is 5. The van der Waals surface area contributed by atoms with Crippen LogP contribution in [-0.4, -0.2) is 51.7 Å². The third-order valence-corrected chi connectivity index (χ3v) is 10.4. The Morgan fingerprint density at radius 2 is 1.85 bits per heavy atom. The molecule has 2 aliphatic heterocycles. The van der Waals surface area contributed by atoms with Gasteiger partial charge in [-0.15, -0.1) is 11.8 Å². The van der Waals surface area contributed by atoms with Crippen LogP contribution in [0.5, 0.6) is 5.75 Å². The fraction of sp³-hybridized carbons (Fsp3) is 0.478. The normalized spacial score (nSPS) is 33.7. The summed E-state index contributed by atoms with van der Waals surface area (Å²) in [4.78, 5) is 54.9. The molecule has 2 aromatic rings. The number of ether oxygens (including phenoxy) is 1. The first-order valence-electron chi connectivity index (χ1n) is 11.0. The number of fused-ring (bicyclic) bond motifs is 9. The van der Waals surface area contributed by atoms with Crippen molar-refractivity contribution in [3.05, 3.63) is 44.4 Å². The summed E-state index contributed by atoms with van der Waals surface area (Å²) in [6, 6.07) is 7.87. The van der Waals surface area contributed by atoms with Gasteiger partial charge in [-0.05, 0) is 41.9 Å². The summed E-state index contributed by atoms with van der Waals surface area (Å²) >= 11 is 2.87. The minimum atomic E-state index is -1.02. The second-order valence-corrected chi connectivity index (χ2v) is 11.4. The maximum Gasteiger partial charge on any atom is 0.305 e. The molecular formula is C23H22N2O6S2. The molecule has 3 heterocycles. The first-order chi connectivity index (χ1) is 15.9. The molecule has 4 aliphatic rings. The second kappa shape index (κ2) is 7.46. The highest BCUT2D eigenvalue weighted by Gasteiger charge is 2.69. The van der Waals surface area contributed by atoms with Gasteiger partial charge in [-0.25, -0.2) is 0 Å². The van der Waals surface area contributed by atoms with Gasteiger partial charge in [0.25, 0.3) is 0 Å². The van der Waals surface area contributed by atoms with Crippen LogP contribution < -0.4 is 9.61 Å². The van der Waals surface area contributed by atoms with E-state index in [-0.39, 0.29) is 64.5 Å². The van der Waals surface area contributed by atoms with Gasteiger partial charge in [-0.3, -0.25) is 24.1 Å². The summed E-state index contributed by atoms with van der Waals surface area (Å²) in [6.45, 7) is -0.0650. The number of carbonyl (C=O) groups is 3. The predicted octanol–water partition coefficient (Wildman–Crippen LogP) is 2.39. The minimum absolute atomic E-state index is 0.0289. The molecular weight excluding hydrogens is 464 g/mol. The molecule has 1 saturated heterocycles. The van der Waals surface area contributed by atoms with E-state index in [0.29, 0.717) is 0 Å². The summed E-state index contributed by atoms with van der Waals surface area (Å²) < 4.78 is 5.31. The molecule has 172 valence electrons. The summed E-state index contributed by atoms with van der Waals surface area (Å²) in [7, 11) is 1.62. The monoisotopic (exact) mass is 486 g/mol. The molecule has 2 aliphatic carbocycles. The van der Waals surface area contributed by atoms with Gasteiger partial charge in [0, 0.05) is 22.6 Å². The first-order valence-corrected chi connectivity index (χ1v) is 12.7. The Balaban J connectivity index is 1.40. The van der Waals surface area contributed by atoms with Crippen molar-refractivity contribution in [3.63, 3.8) is 0 Å². The Kier molecular flexibility index (Phi) is 4.74. The van der Waals surface area contributed by atoms with Crippen molar-refractivity contribution in [2.24, 2.45) is 29.6 Å². The number of aliphatic carboxylic acids is 1. The number of imide groups is 1. The Bertz CT molecular complexity index is 1220. The third-order valence-electron chi connectivity index (χ3n) is 7.84. The Hall–Kier alpha value is -2.59. The standard InChI is InChI=1S/C23H22N2O6S2/c1-31-10-4-2-9(3-5-10)14-15-11-8-12(18(15)32-20-19(14)33-23(30)24-20)17-16(11)21(28)25(22(17)29)7-6-13(26)27/h2-5,11-12,14-18H,6-8H2,1H3,(H,24,30)(H,26,27)/t11-,12-,14+,15-,16+,17+,18-/m1/s1. The molecule has 2 amide bonds. The molecule has 33 heavy (non-hydrogen) atoms. The summed E-state index contributed by atoms with van der Waals surface area (Å²) in [5.41, 5.74) is 1.08. The molecule has 2 bridgehead atoms. The number of aromatic amines is 1. The lowest BCUT2D eigenvalue weighted by molar-refractivity contribution is -0.142. The number of carboxylic acids is 1. The van der Waals surface area contributed by atoms with Crippen molar-refractivity contribution in [1.29, 1.82) is 0 Å². The Morgan fingerprint density at radius 1 is 1.15 bits per heavy atom. The smallest absolute Gasteiger partial charge is 0.305 e. The summed E-state index contributed by atoms with van der Waals surface area (Å²) in [6.07, 6.45) is 0.578. The van der Waals surface area contributed by atoms with E-state index >= 15 is 0 Å². The zero-order chi connectivity index (χ0) is 23.0. The van der Waals surface area contributed by atoms with Crippen molar-refractivity contribution >= 4 is 40.9 Å². The number of nitrogens with one attached hydrogen (secondary N) is 1. The lowest BCUT2D eigenvalue weighted by atomic mass is 9.68. The van der Waals surface area contributed by atoms with Crippen LogP contribution in [0.15, 0.2) is 34.1 Å². The molecule has 6 rings (SSSR count). The quantitative estimate of drug-likeness (QED) is 0.623. The van der Waals surface area contributed by atoms with E-state index in [2.05, 4.69) is 4.98 Å². The van der Waals surface area contributed by atoms with E-state index in [1.807, 2.05) is 24.3 Å². The van der Waals surface area contributed by atoms with Gasteiger partial charge in [0.05, 0.1) is 30.4 Å². The molecule has 1 aromatic carbocycles. The van der Waals surface area contributed by atoms with Crippen LogP contribution in [0.25, 0.3) is 0 Å². The van der Waals surface area contributed by atoms with Crippen molar-refractivity contribution in [2.75, 3.05) is 13.7 Å². The zero-order valence-electron chi connectivity index (χ0n) is 17.7. The third kappa shape index (κ3) is 2.96. The van der Waals surface area contributed by atoms with Crippen LogP contribution in [-0.2, 0) is 14.4 Å². The number of nitrogens with zero attached hydrogens (tertiary/aromatic N) is 1. The number of methoxy groups -OCH3 is 1. The highest BCUT2D eigenvalue weighted by Crippen LogP contribution is 2.68. The van der Waals surface area contributed by atoms with Gasteiger partial charge in [0.2, 0.25) is 11.8 Å². The fourth-order valence-corrected chi connectivity index (χ4v) is 9.58. The van der Waals surface area contributed by atoms with Crippen molar-refractivity contribution < 1.29 is 24.2 Å². The SMILES string of the molecule is COc1ccc([C@@H]2c3sc(=O)[nH]c3S[C@@H]3[C@@H]4C[C@@H]([C@@H]5C(=O)N(CCC(=O)O)C(=O)[C@@H]45)[C@H]23)cc1. The number of benzene rings is 1. The highest BCUT2D eigenvalue weighted by atomic mass is 32.2. The molecule has 2 N–H and O–H groups in total. The van der Waals surface area contributed by atoms with E-state index in [1.54, 1.807) is 18.9 Å². The molecule has 0 spiro atoms. The number of amides is 2. The second-order valence-electron chi connectivity index (χ2n) is 9.21. The van der Waals surface area contributed by atoms with Crippen LogP contribution in [0.4, 0.5) is 0 Å². The van der Waals surface area contributed by atoms with E-state index in [9.17, 15) is 19.2 Å².